The van der Waals surface area contributed by atoms with E-state index in [4.69, 9.17) is 0 Å². The molecule has 0 atom stereocenters. The number of alkyl halides is 5. The molecular formula is C20H18F5N3OS. The Hall–Kier alpha value is -2.62. The van der Waals surface area contributed by atoms with Crippen molar-refractivity contribution >= 4 is 32.4 Å². The number of piperidine rings is 1. The van der Waals surface area contributed by atoms with Crippen molar-refractivity contribution in [2.45, 2.75) is 31.0 Å². The van der Waals surface area contributed by atoms with Gasteiger partial charge in [0.15, 0.2) is 5.13 Å². The summed E-state index contributed by atoms with van der Waals surface area (Å²) in [5.74, 6) is -4.74. The summed E-state index contributed by atoms with van der Waals surface area (Å²) in [6.45, 7) is 1.34. The number of hydrogen-bond acceptors (Lipinski definition) is 5. The third kappa shape index (κ3) is 4.00. The van der Waals surface area contributed by atoms with Gasteiger partial charge in [-0.3, -0.25) is 0 Å². The molecule has 10 heteroatoms. The average molecular weight is 443 g/mol. The van der Waals surface area contributed by atoms with Gasteiger partial charge < -0.3 is 15.3 Å². The lowest BCUT2D eigenvalue weighted by Crippen LogP contribution is -2.39. The van der Waals surface area contributed by atoms with Crippen LogP contribution in [0.15, 0.2) is 42.5 Å². The fourth-order valence-corrected chi connectivity index (χ4v) is 4.46. The first kappa shape index (κ1) is 20.6. The third-order valence-corrected chi connectivity index (χ3v) is 6.17. The largest absolute Gasteiger partial charge is 0.508 e. The van der Waals surface area contributed by atoms with Crippen molar-refractivity contribution in [3.8, 4) is 5.75 Å². The van der Waals surface area contributed by atoms with Gasteiger partial charge in [0.1, 0.15) is 5.75 Å². The molecule has 30 heavy (non-hydrogen) atoms. The summed E-state index contributed by atoms with van der Waals surface area (Å²) in [4.78, 5) is 6.65. The van der Waals surface area contributed by atoms with Crippen LogP contribution < -0.4 is 10.2 Å². The molecule has 2 N–H and O–H groups in total. The molecule has 2 heterocycles. The van der Waals surface area contributed by atoms with Gasteiger partial charge in [-0.05, 0) is 37.1 Å². The van der Waals surface area contributed by atoms with Crippen molar-refractivity contribution in [1.82, 2.24) is 4.98 Å². The summed E-state index contributed by atoms with van der Waals surface area (Å²) < 4.78 is 66.0. The maximum absolute atomic E-state index is 13.6. The lowest BCUT2D eigenvalue weighted by Gasteiger charge is -2.32. The van der Waals surface area contributed by atoms with Gasteiger partial charge in [-0.15, -0.1) is 0 Å². The number of anilines is 2. The molecule has 1 aromatic heterocycles. The normalized spacial score (nSPS) is 16.2. The van der Waals surface area contributed by atoms with E-state index in [1.165, 1.54) is 23.5 Å². The van der Waals surface area contributed by atoms with E-state index in [1.54, 1.807) is 12.1 Å². The van der Waals surface area contributed by atoms with Crippen molar-refractivity contribution in [3.63, 3.8) is 0 Å². The molecule has 0 aliphatic carbocycles. The molecule has 1 saturated heterocycles. The molecule has 2 aromatic carbocycles. The van der Waals surface area contributed by atoms with Crippen LogP contribution in [0, 0.1) is 0 Å². The van der Waals surface area contributed by atoms with Crippen molar-refractivity contribution in [2.24, 2.45) is 0 Å². The van der Waals surface area contributed by atoms with Crippen LogP contribution in [0.5, 0.6) is 5.75 Å². The topological polar surface area (TPSA) is 48.4 Å². The van der Waals surface area contributed by atoms with E-state index in [0.29, 0.717) is 25.9 Å². The number of halogens is 5. The van der Waals surface area contributed by atoms with Crippen LogP contribution in [0.2, 0.25) is 0 Å². The molecule has 1 aliphatic heterocycles. The zero-order chi connectivity index (χ0) is 21.5. The van der Waals surface area contributed by atoms with Crippen LogP contribution >= 0.6 is 11.3 Å². The number of phenols is 1. The number of aromatic hydroxyl groups is 1. The van der Waals surface area contributed by atoms with Gasteiger partial charge in [-0.25, -0.2) is 4.98 Å². The molecule has 0 radical (unpaired) electrons. The van der Waals surface area contributed by atoms with E-state index in [2.05, 4.69) is 15.2 Å². The number of fused-ring (bicyclic) bond motifs is 1. The smallest absolute Gasteiger partial charge is 0.458 e. The van der Waals surface area contributed by atoms with Crippen LogP contribution in [0.3, 0.4) is 0 Å². The number of phenolic OH excluding ortho intramolecular Hbond substituents is 1. The SMILES string of the molecule is Oc1ccc2sc(N3CCC(Nc4cccc(C(F)(F)C(F)(F)F)c4)CC3)nc2c1. The number of nitrogens with one attached hydrogen (secondary N) is 1. The summed E-state index contributed by atoms with van der Waals surface area (Å²) >= 11 is 1.52. The molecule has 1 fully saturated rings. The molecule has 1 aliphatic rings. The van der Waals surface area contributed by atoms with E-state index < -0.39 is 17.7 Å². The van der Waals surface area contributed by atoms with E-state index >= 15 is 0 Å². The van der Waals surface area contributed by atoms with Gasteiger partial charge >= 0.3 is 12.1 Å². The quantitative estimate of drug-likeness (QED) is 0.505. The van der Waals surface area contributed by atoms with E-state index in [9.17, 15) is 27.1 Å². The first-order valence-corrected chi connectivity index (χ1v) is 10.1. The molecule has 0 amide bonds. The van der Waals surface area contributed by atoms with Crippen LogP contribution in [0.4, 0.5) is 32.8 Å². The van der Waals surface area contributed by atoms with E-state index in [-0.39, 0.29) is 17.5 Å². The highest BCUT2D eigenvalue weighted by Gasteiger charge is 2.58. The number of benzene rings is 2. The fourth-order valence-electron chi connectivity index (χ4n) is 3.46. The van der Waals surface area contributed by atoms with Crippen molar-refractivity contribution in [3.05, 3.63) is 48.0 Å². The minimum Gasteiger partial charge on any atom is -0.508 e. The predicted octanol–water partition coefficient (Wildman–Crippen LogP) is 5.74. The number of nitrogens with zero attached hydrogens (tertiary/aromatic N) is 2. The number of aromatic nitrogens is 1. The molecule has 160 valence electrons. The second-order valence-electron chi connectivity index (χ2n) is 7.21. The van der Waals surface area contributed by atoms with Crippen molar-refractivity contribution in [1.29, 1.82) is 0 Å². The zero-order valence-electron chi connectivity index (χ0n) is 15.6. The Balaban J connectivity index is 1.41. The van der Waals surface area contributed by atoms with Gasteiger partial charge in [0.05, 0.1) is 10.2 Å². The first-order chi connectivity index (χ1) is 14.1. The number of rotatable bonds is 4. The summed E-state index contributed by atoms with van der Waals surface area (Å²) in [7, 11) is 0. The molecular weight excluding hydrogens is 425 g/mol. The Morgan fingerprint density at radius 3 is 2.47 bits per heavy atom. The van der Waals surface area contributed by atoms with Crippen molar-refractivity contribution in [2.75, 3.05) is 23.3 Å². The highest BCUT2D eigenvalue weighted by Crippen LogP contribution is 2.44. The maximum atomic E-state index is 13.6. The van der Waals surface area contributed by atoms with E-state index in [1.807, 2.05) is 6.07 Å². The summed E-state index contributed by atoms with van der Waals surface area (Å²) in [5.41, 5.74) is -0.113. The molecule has 0 bridgehead atoms. The van der Waals surface area contributed by atoms with Gasteiger partial charge in [0, 0.05) is 36.4 Å². The molecule has 0 saturated carbocycles. The highest BCUT2D eigenvalue weighted by molar-refractivity contribution is 7.22. The molecule has 0 unspecified atom stereocenters. The molecule has 3 aromatic rings. The molecule has 4 rings (SSSR count). The highest BCUT2D eigenvalue weighted by atomic mass is 32.1. The lowest BCUT2D eigenvalue weighted by atomic mass is 10.0. The predicted molar refractivity (Wildman–Crippen MR) is 107 cm³/mol. The second kappa shape index (κ2) is 7.57. The van der Waals surface area contributed by atoms with Gasteiger partial charge in [-0.1, -0.05) is 23.5 Å². The summed E-state index contributed by atoms with van der Waals surface area (Å²) in [6.07, 6.45) is -4.27. The Morgan fingerprint density at radius 1 is 1.03 bits per heavy atom. The zero-order valence-corrected chi connectivity index (χ0v) is 16.4. The summed E-state index contributed by atoms with van der Waals surface area (Å²) in [5, 5.41) is 13.5. The Labute approximate surface area is 173 Å². The van der Waals surface area contributed by atoms with Gasteiger partial charge in [0.25, 0.3) is 0 Å². The minimum absolute atomic E-state index is 0.0468. The Kier molecular flexibility index (Phi) is 5.21. The molecule has 4 nitrogen and oxygen atoms in total. The molecule has 0 spiro atoms. The van der Waals surface area contributed by atoms with Crippen LogP contribution in [0.1, 0.15) is 18.4 Å². The van der Waals surface area contributed by atoms with Gasteiger partial charge in [0.2, 0.25) is 0 Å². The Bertz CT molecular complexity index is 1040. The van der Waals surface area contributed by atoms with Crippen LogP contribution in [0.25, 0.3) is 10.2 Å². The average Bonchev–Trinajstić information content (AvgIpc) is 3.11. The third-order valence-electron chi connectivity index (χ3n) is 5.08. The second-order valence-corrected chi connectivity index (χ2v) is 8.22. The Morgan fingerprint density at radius 2 is 1.77 bits per heavy atom. The van der Waals surface area contributed by atoms with Crippen molar-refractivity contribution < 1.29 is 27.1 Å². The monoisotopic (exact) mass is 443 g/mol. The first-order valence-electron chi connectivity index (χ1n) is 9.29. The van der Waals surface area contributed by atoms with E-state index in [0.717, 1.165) is 27.5 Å². The number of thiazole rings is 1. The fraction of sp³-hybridized carbons (Fsp3) is 0.350. The maximum Gasteiger partial charge on any atom is 0.458 e. The van der Waals surface area contributed by atoms with Crippen LogP contribution in [-0.2, 0) is 5.92 Å². The van der Waals surface area contributed by atoms with Crippen LogP contribution in [-0.4, -0.2) is 35.4 Å². The lowest BCUT2D eigenvalue weighted by molar-refractivity contribution is -0.289. The standard InChI is InChI=1S/C20H18F5N3OS/c21-19(22,20(23,24)25)12-2-1-3-14(10-12)26-13-6-8-28(9-7-13)18-27-16-11-15(29)4-5-17(16)30-18/h1-5,10-11,13,26,29H,6-9H2. The summed E-state index contributed by atoms with van der Waals surface area (Å²) in [6, 6.07) is 9.31. The van der Waals surface area contributed by atoms with Gasteiger partial charge in [-0.2, -0.15) is 22.0 Å². The minimum atomic E-state index is -5.63. The number of hydrogen-bond donors (Lipinski definition) is 2.